The Morgan fingerprint density at radius 2 is 1.97 bits per heavy atom. The average Bonchev–Trinajstić information content (AvgIpc) is 3.17. The van der Waals surface area contributed by atoms with E-state index in [1.165, 1.54) is 13.2 Å². The molecule has 184 valence electrons. The smallest absolute Gasteiger partial charge is 0.294 e. The van der Waals surface area contributed by atoms with Crippen LogP contribution in [0.3, 0.4) is 0 Å². The Bertz CT molecular complexity index is 1250. The van der Waals surface area contributed by atoms with Gasteiger partial charge in [-0.3, -0.25) is 10.1 Å². The second-order valence-electron chi connectivity index (χ2n) is 8.27. The molecule has 3 aromatic rings. The van der Waals surface area contributed by atoms with E-state index in [1.54, 1.807) is 30.5 Å². The second-order valence-corrected chi connectivity index (χ2v) is 8.27. The van der Waals surface area contributed by atoms with Crippen molar-refractivity contribution in [3.63, 3.8) is 0 Å². The number of likely N-dealkylation sites (N-methyl/N-ethyl adjacent to an activating group) is 2. The van der Waals surface area contributed by atoms with Crippen LogP contribution >= 0.6 is 0 Å². The normalized spacial score (nSPS) is 10.8. The highest BCUT2D eigenvalue weighted by atomic mass is 16.6. The van der Waals surface area contributed by atoms with Crippen molar-refractivity contribution < 1.29 is 9.66 Å². The van der Waals surface area contributed by atoms with Crippen molar-refractivity contribution in [2.45, 2.75) is 0 Å². The number of aromatic nitrogens is 3. The third kappa shape index (κ3) is 5.49. The Kier molecular flexibility index (Phi) is 7.87. The maximum Gasteiger partial charge on any atom is 0.294 e. The summed E-state index contributed by atoms with van der Waals surface area (Å²) in [5.74, 6) is 0.722. The number of anilines is 3. The first-order valence-electron chi connectivity index (χ1n) is 11.0. The lowest BCUT2D eigenvalue weighted by Gasteiger charge is -2.22. The Labute approximate surface area is 205 Å². The molecule has 0 saturated carbocycles. The highest BCUT2D eigenvalue weighted by Crippen LogP contribution is 2.39. The van der Waals surface area contributed by atoms with E-state index in [9.17, 15) is 10.1 Å². The minimum absolute atomic E-state index is 0.0432. The number of methoxy groups -OCH3 is 1. The zero-order valence-corrected chi connectivity index (χ0v) is 20.8. The lowest BCUT2D eigenvalue weighted by Crippen LogP contribution is -2.28. The summed E-state index contributed by atoms with van der Waals surface area (Å²) in [6.45, 7) is 9.15. The number of hydrogen-bond donors (Lipinski definition) is 1. The van der Waals surface area contributed by atoms with Crippen LogP contribution in [0.25, 0.3) is 23.4 Å². The van der Waals surface area contributed by atoms with Crippen LogP contribution in [-0.4, -0.2) is 65.7 Å². The first kappa shape index (κ1) is 25.4. The molecule has 0 radical (unpaired) electrons. The van der Waals surface area contributed by atoms with E-state index in [-0.39, 0.29) is 11.6 Å². The molecule has 2 aromatic heterocycles. The first-order chi connectivity index (χ1) is 16.7. The molecule has 0 unspecified atom stereocenters. The SMILES string of the molecule is C=Cc1c(-c2ccnc(Nc3cc([N+](=O)[O-])c(N(C)CCN(C)C)cc3OC)n2)cn(C)c1C=C. The summed E-state index contributed by atoms with van der Waals surface area (Å²) in [5.41, 5.74) is 4.20. The summed E-state index contributed by atoms with van der Waals surface area (Å²) >= 11 is 0. The molecular formula is C25H31N7O3. The fourth-order valence-corrected chi connectivity index (χ4v) is 3.77. The molecule has 0 saturated heterocycles. The zero-order chi connectivity index (χ0) is 25.7. The molecule has 0 fully saturated rings. The number of nitro benzene ring substituents is 1. The zero-order valence-electron chi connectivity index (χ0n) is 20.8. The van der Waals surface area contributed by atoms with Gasteiger partial charge in [0.25, 0.3) is 5.69 Å². The van der Waals surface area contributed by atoms with E-state index < -0.39 is 4.92 Å². The second kappa shape index (κ2) is 10.8. The van der Waals surface area contributed by atoms with Crippen molar-refractivity contribution >= 4 is 35.2 Å². The van der Waals surface area contributed by atoms with Crippen LogP contribution in [0, 0.1) is 10.1 Å². The van der Waals surface area contributed by atoms with E-state index in [4.69, 9.17) is 4.74 Å². The Morgan fingerprint density at radius 3 is 2.57 bits per heavy atom. The van der Waals surface area contributed by atoms with Crippen molar-refractivity contribution in [3.8, 4) is 17.0 Å². The molecule has 1 N–H and O–H groups in total. The van der Waals surface area contributed by atoms with Crippen molar-refractivity contribution in [1.82, 2.24) is 19.4 Å². The minimum Gasteiger partial charge on any atom is -0.494 e. The van der Waals surface area contributed by atoms with Crippen LogP contribution in [-0.2, 0) is 7.05 Å². The van der Waals surface area contributed by atoms with Gasteiger partial charge < -0.3 is 24.4 Å². The van der Waals surface area contributed by atoms with Crippen LogP contribution in [0.2, 0.25) is 0 Å². The predicted molar refractivity (Wildman–Crippen MR) is 141 cm³/mol. The monoisotopic (exact) mass is 477 g/mol. The Morgan fingerprint density at radius 1 is 1.23 bits per heavy atom. The summed E-state index contributed by atoms with van der Waals surface area (Å²) in [5, 5.41) is 15.0. The molecule has 0 aliphatic carbocycles. The molecule has 10 nitrogen and oxygen atoms in total. The van der Waals surface area contributed by atoms with Gasteiger partial charge in [-0.1, -0.05) is 19.2 Å². The van der Waals surface area contributed by atoms with Gasteiger partial charge in [0.05, 0.1) is 23.4 Å². The molecule has 0 bridgehead atoms. The van der Waals surface area contributed by atoms with Gasteiger partial charge >= 0.3 is 0 Å². The number of nitrogens with one attached hydrogen (secondary N) is 1. The van der Waals surface area contributed by atoms with Crippen molar-refractivity contribution in [3.05, 3.63) is 65.1 Å². The maximum absolute atomic E-state index is 11.9. The standard InChI is InChI=1S/C25H31N7O3/c1-8-17-18(16-31(6)21(17)9-2)19-10-11-26-25(27-19)28-20-14-23(32(33)34)22(15-24(20)35-7)30(5)13-12-29(3)4/h8-11,14-16H,1-2,12-13H2,3-7H3,(H,26,27,28). The summed E-state index contributed by atoms with van der Waals surface area (Å²) in [6, 6.07) is 4.90. The first-order valence-corrected chi connectivity index (χ1v) is 11.0. The van der Waals surface area contributed by atoms with Gasteiger partial charge in [0.15, 0.2) is 0 Å². The topological polar surface area (TPSA) is 102 Å². The van der Waals surface area contributed by atoms with Crippen LogP contribution in [0.5, 0.6) is 5.75 Å². The van der Waals surface area contributed by atoms with Crippen LogP contribution < -0.4 is 15.0 Å². The van der Waals surface area contributed by atoms with Crippen LogP contribution in [0.4, 0.5) is 23.0 Å². The minimum atomic E-state index is -0.402. The number of rotatable bonds is 11. The number of hydrogen-bond acceptors (Lipinski definition) is 8. The van der Waals surface area contributed by atoms with Gasteiger partial charge in [-0.2, -0.15) is 0 Å². The molecule has 1 aromatic carbocycles. The molecule has 0 spiro atoms. The van der Waals surface area contributed by atoms with Crippen LogP contribution in [0.15, 0.2) is 43.8 Å². The summed E-state index contributed by atoms with van der Waals surface area (Å²) in [7, 11) is 9.17. The largest absolute Gasteiger partial charge is 0.494 e. The molecule has 10 heteroatoms. The lowest BCUT2D eigenvalue weighted by molar-refractivity contribution is -0.384. The van der Waals surface area contributed by atoms with E-state index in [1.807, 2.05) is 48.8 Å². The lowest BCUT2D eigenvalue weighted by atomic mass is 10.1. The fraction of sp³-hybridized carbons (Fsp3) is 0.280. The number of nitrogens with zero attached hydrogens (tertiary/aromatic N) is 6. The third-order valence-corrected chi connectivity index (χ3v) is 5.63. The van der Waals surface area contributed by atoms with Gasteiger partial charge in [0.2, 0.25) is 5.95 Å². The van der Waals surface area contributed by atoms with E-state index >= 15 is 0 Å². The summed E-state index contributed by atoms with van der Waals surface area (Å²) in [6.07, 6.45) is 7.10. The number of benzene rings is 1. The van der Waals surface area contributed by atoms with Crippen molar-refractivity contribution in [1.29, 1.82) is 0 Å². The van der Waals surface area contributed by atoms with Crippen molar-refractivity contribution in [2.75, 3.05) is 51.6 Å². The molecule has 0 amide bonds. The predicted octanol–water partition coefficient (Wildman–Crippen LogP) is 4.43. The van der Waals surface area contributed by atoms with Crippen molar-refractivity contribution in [2.24, 2.45) is 7.05 Å². The number of ether oxygens (including phenoxy) is 1. The van der Waals surface area contributed by atoms with Gasteiger partial charge in [-0.25, -0.2) is 9.97 Å². The van der Waals surface area contributed by atoms with Crippen LogP contribution in [0.1, 0.15) is 11.3 Å². The molecule has 0 atom stereocenters. The molecule has 0 aliphatic heterocycles. The maximum atomic E-state index is 11.9. The third-order valence-electron chi connectivity index (χ3n) is 5.63. The summed E-state index contributed by atoms with van der Waals surface area (Å²) < 4.78 is 7.50. The van der Waals surface area contributed by atoms with Gasteiger partial charge in [0.1, 0.15) is 11.4 Å². The Balaban J connectivity index is 2.00. The van der Waals surface area contributed by atoms with Gasteiger partial charge in [-0.05, 0) is 26.2 Å². The quantitative estimate of drug-likeness (QED) is 0.320. The van der Waals surface area contributed by atoms with E-state index in [0.29, 0.717) is 29.4 Å². The fourth-order valence-electron chi connectivity index (χ4n) is 3.77. The van der Waals surface area contributed by atoms with E-state index in [0.717, 1.165) is 23.4 Å². The highest BCUT2D eigenvalue weighted by molar-refractivity contribution is 5.80. The summed E-state index contributed by atoms with van der Waals surface area (Å²) in [4.78, 5) is 24.3. The average molecular weight is 478 g/mol. The number of aryl methyl sites for hydroxylation is 1. The highest BCUT2D eigenvalue weighted by Gasteiger charge is 2.22. The van der Waals surface area contributed by atoms with Gasteiger partial charge in [0, 0.05) is 68.5 Å². The molecular weight excluding hydrogens is 446 g/mol. The van der Waals surface area contributed by atoms with E-state index in [2.05, 4.69) is 28.4 Å². The Hall–Kier alpha value is -4.18. The molecule has 35 heavy (non-hydrogen) atoms. The molecule has 3 rings (SSSR count). The molecule has 2 heterocycles. The van der Waals surface area contributed by atoms with Gasteiger partial charge in [-0.15, -0.1) is 0 Å². The number of nitro groups is 1. The molecule has 0 aliphatic rings.